The molecule has 0 aliphatic carbocycles. The lowest BCUT2D eigenvalue weighted by Crippen LogP contribution is -2.51. The van der Waals surface area contributed by atoms with Crippen LogP contribution in [0.25, 0.3) is 0 Å². The molecular weight excluding hydrogens is 398 g/mol. The number of piperazine rings is 1. The van der Waals surface area contributed by atoms with Gasteiger partial charge in [-0.25, -0.2) is 8.42 Å². The van der Waals surface area contributed by atoms with Gasteiger partial charge < -0.3 is 4.90 Å². The summed E-state index contributed by atoms with van der Waals surface area (Å²) < 4.78 is 27.6. The lowest BCUT2D eigenvalue weighted by atomic mass is 10.1. The number of likely N-dealkylation sites (N-methyl/N-ethyl adjacent to an activating group) is 1. The molecule has 1 amide bonds. The number of benzene rings is 2. The third-order valence-electron chi connectivity index (χ3n) is 5.89. The zero-order valence-electron chi connectivity index (χ0n) is 18.2. The van der Waals surface area contributed by atoms with E-state index in [9.17, 15) is 13.2 Å². The molecule has 0 spiro atoms. The Balaban J connectivity index is 1.58. The highest BCUT2D eigenvalue weighted by Crippen LogP contribution is 2.23. The lowest BCUT2D eigenvalue weighted by molar-refractivity contribution is -0.133. The summed E-state index contributed by atoms with van der Waals surface area (Å²) in [5, 5.41) is 0. The van der Waals surface area contributed by atoms with Gasteiger partial charge in [-0.2, -0.15) is 4.31 Å². The van der Waals surface area contributed by atoms with E-state index in [-0.39, 0.29) is 11.9 Å². The Kier molecular flexibility index (Phi) is 6.95. The smallest absolute Gasteiger partial charge is 0.243 e. The third-order valence-corrected chi connectivity index (χ3v) is 7.95. The molecule has 0 aromatic heterocycles. The van der Waals surface area contributed by atoms with Crippen molar-refractivity contribution in [3.8, 4) is 0 Å². The molecule has 2 aromatic rings. The molecule has 1 atom stereocenters. The second-order valence-corrected chi connectivity index (χ2v) is 9.95. The van der Waals surface area contributed by atoms with Gasteiger partial charge in [0.25, 0.3) is 0 Å². The molecule has 1 saturated heterocycles. The van der Waals surface area contributed by atoms with E-state index in [1.807, 2.05) is 75.2 Å². The summed E-state index contributed by atoms with van der Waals surface area (Å²) in [7, 11) is -1.70. The maximum atomic E-state index is 13.0. The number of aryl methyl sites for hydroxylation is 2. The average molecular weight is 430 g/mol. The van der Waals surface area contributed by atoms with Crippen molar-refractivity contribution in [1.82, 2.24) is 14.1 Å². The first-order valence-corrected chi connectivity index (χ1v) is 11.7. The number of hydrogen-bond acceptors (Lipinski definition) is 4. The minimum absolute atomic E-state index is 0.00937. The topological polar surface area (TPSA) is 60.9 Å². The van der Waals surface area contributed by atoms with Crippen LogP contribution < -0.4 is 0 Å². The minimum atomic E-state index is -3.52. The summed E-state index contributed by atoms with van der Waals surface area (Å²) in [4.78, 5) is 16.9. The monoisotopic (exact) mass is 429 g/mol. The molecule has 30 heavy (non-hydrogen) atoms. The normalized spacial score (nSPS) is 16.9. The first-order chi connectivity index (χ1) is 14.2. The summed E-state index contributed by atoms with van der Waals surface area (Å²) >= 11 is 0. The van der Waals surface area contributed by atoms with Crippen molar-refractivity contribution in [2.75, 3.05) is 39.8 Å². The molecule has 1 aliphatic heterocycles. The molecule has 1 aliphatic rings. The second kappa shape index (κ2) is 9.29. The molecule has 162 valence electrons. The fourth-order valence-electron chi connectivity index (χ4n) is 3.83. The summed E-state index contributed by atoms with van der Waals surface area (Å²) in [6, 6.07) is 15.4. The second-order valence-electron chi connectivity index (χ2n) is 8.04. The number of sulfonamides is 1. The van der Waals surface area contributed by atoms with Crippen molar-refractivity contribution in [1.29, 1.82) is 0 Å². The van der Waals surface area contributed by atoms with E-state index in [0.29, 0.717) is 37.6 Å². The van der Waals surface area contributed by atoms with Gasteiger partial charge in [0.15, 0.2) is 0 Å². The number of rotatable bonds is 6. The van der Waals surface area contributed by atoms with Gasteiger partial charge in [0.05, 0.1) is 17.5 Å². The standard InChI is InChI=1S/C23H31N3O3S/c1-18-10-11-22(19(2)16-18)30(28,29)26-14-12-25(13-15-26)17-23(27)24(4)20(3)21-8-6-5-7-9-21/h5-11,16,20H,12-15,17H2,1-4H3/t20-/m0/s1. The van der Waals surface area contributed by atoms with Crippen molar-refractivity contribution >= 4 is 15.9 Å². The number of nitrogens with zero attached hydrogens (tertiary/aromatic N) is 3. The van der Waals surface area contributed by atoms with E-state index in [1.165, 1.54) is 4.31 Å². The van der Waals surface area contributed by atoms with E-state index >= 15 is 0 Å². The largest absolute Gasteiger partial charge is 0.338 e. The fourth-order valence-corrected chi connectivity index (χ4v) is 5.46. The van der Waals surface area contributed by atoms with E-state index in [0.717, 1.165) is 16.7 Å². The molecule has 0 saturated carbocycles. The zero-order valence-corrected chi connectivity index (χ0v) is 19.0. The lowest BCUT2D eigenvalue weighted by Gasteiger charge is -2.35. The highest BCUT2D eigenvalue weighted by atomic mass is 32.2. The van der Waals surface area contributed by atoms with E-state index in [4.69, 9.17) is 0 Å². The van der Waals surface area contributed by atoms with Crippen LogP contribution in [0.3, 0.4) is 0 Å². The maximum Gasteiger partial charge on any atom is 0.243 e. The highest BCUT2D eigenvalue weighted by molar-refractivity contribution is 7.89. The summed E-state index contributed by atoms with van der Waals surface area (Å²) in [5.74, 6) is 0.0389. The molecule has 0 radical (unpaired) electrons. The van der Waals surface area contributed by atoms with Gasteiger partial charge in [-0.3, -0.25) is 9.69 Å². The molecule has 1 heterocycles. The van der Waals surface area contributed by atoms with Crippen molar-refractivity contribution in [2.45, 2.75) is 31.7 Å². The van der Waals surface area contributed by atoms with Gasteiger partial charge in [-0.1, -0.05) is 48.0 Å². The summed E-state index contributed by atoms with van der Waals surface area (Å²) in [5.41, 5.74) is 2.91. The SMILES string of the molecule is Cc1ccc(S(=O)(=O)N2CCN(CC(=O)N(C)[C@@H](C)c3ccccc3)CC2)c(C)c1. The predicted octanol–water partition coefficient (Wildman–Crippen LogP) is 2.83. The zero-order chi connectivity index (χ0) is 21.9. The van der Waals surface area contributed by atoms with Crippen LogP contribution in [-0.2, 0) is 14.8 Å². The van der Waals surface area contributed by atoms with Crippen molar-refractivity contribution < 1.29 is 13.2 Å². The van der Waals surface area contributed by atoms with Gasteiger partial charge in [0.2, 0.25) is 15.9 Å². The van der Waals surface area contributed by atoms with Gasteiger partial charge in [-0.05, 0) is 38.0 Å². The Labute approximate surface area is 180 Å². The molecule has 0 N–H and O–H groups in total. The van der Waals surface area contributed by atoms with Crippen LogP contribution in [0.5, 0.6) is 0 Å². The molecular formula is C23H31N3O3S. The third kappa shape index (κ3) is 4.91. The van der Waals surface area contributed by atoms with Crippen LogP contribution in [0.1, 0.15) is 29.7 Å². The van der Waals surface area contributed by atoms with Crippen LogP contribution >= 0.6 is 0 Å². The average Bonchev–Trinajstić information content (AvgIpc) is 2.73. The molecule has 6 nitrogen and oxygen atoms in total. The Morgan fingerprint density at radius 1 is 1.03 bits per heavy atom. The minimum Gasteiger partial charge on any atom is -0.338 e. The molecule has 7 heteroatoms. The molecule has 3 rings (SSSR count). The van der Waals surface area contributed by atoms with Crippen LogP contribution in [0.2, 0.25) is 0 Å². The van der Waals surface area contributed by atoms with Gasteiger partial charge in [0.1, 0.15) is 0 Å². The molecule has 0 bridgehead atoms. The van der Waals surface area contributed by atoms with Crippen LogP contribution in [-0.4, -0.2) is 68.2 Å². The Hall–Kier alpha value is -2.22. The first kappa shape index (κ1) is 22.5. The Morgan fingerprint density at radius 3 is 2.27 bits per heavy atom. The van der Waals surface area contributed by atoms with Crippen molar-refractivity contribution in [2.24, 2.45) is 0 Å². The molecule has 1 fully saturated rings. The van der Waals surface area contributed by atoms with E-state index in [1.54, 1.807) is 11.0 Å². The van der Waals surface area contributed by atoms with Crippen molar-refractivity contribution in [3.63, 3.8) is 0 Å². The first-order valence-electron chi connectivity index (χ1n) is 10.3. The number of carbonyl (C=O) groups excluding carboxylic acids is 1. The predicted molar refractivity (Wildman–Crippen MR) is 119 cm³/mol. The molecule has 0 unspecified atom stereocenters. The summed E-state index contributed by atoms with van der Waals surface area (Å²) in [6.45, 7) is 7.97. The fraction of sp³-hybridized carbons (Fsp3) is 0.435. The van der Waals surface area contributed by atoms with Gasteiger partial charge in [-0.15, -0.1) is 0 Å². The number of hydrogen-bond donors (Lipinski definition) is 0. The van der Waals surface area contributed by atoms with Gasteiger partial charge >= 0.3 is 0 Å². The van der Waals surface area contributed by atoms with Crippen molar-refractivity contribution in [3.05, 3.63) is 65.2 Å². The molecule has 2 aromatic carbocycles. The van der Waals surface area contributed by atoms with Crippen LogP contribution in [0, 0.1) is 13.8 Å². The number of amides is 1. The quantitative estimate of drug-likeness (QED) is 0.709. The number of carbonyl (C=O) groups is 1. The Morgan fingerprint density at radius 2 is 1.67 bits per heavy atom. The van der Waals surface area contributed by atoms with Gasteiger partial charge in [0, 0.05) is 33.2 Å². The summed E-state index contributed by atoms with van der Waals surface area (Å²) in [6.07, 6.45) is 0. The van der Waals surface area contributed by atoms with Crippen LogP contribution in [0.4, 0.5) is 0 Å². The van der Waals surface area contributed by atoms with E-state index < -0.39 is 10.0 Å². The van der Waals surface area contributed by atoms with Crippen LogP contribution in [0.15, 0.2) is 53.4 Å². The highest BCUT2D eigenvalue weighted by Gasteiger charge is 2.30. The Bertz CT molecular complexity index is 984. The van der Waals surface area contributed by atoms with E-state index in [2.05, 4.69) is 0 Å². The maximum absolute atomic E-state index is 13.0.